The molecule has 2 aromatic carbocycles. The van der Waals surface area contributed by atoms with Gasteiger partial charge in [0.05, 0.1) is 0 Å². The molecule has 0 atom stereocenters. The zero-order chi connectivity index (χ0) is 17.4. The Labute approximate surface area is 143 Å². The van der Waals surface area contributed by atoms with Crippen molar-refractivity contribution in [3.8, 4) is 0 Å². The number of carbonyl (C=O) groups is 2. The van der Waals surface area contributed by atoms with Crippen molar-refractivity contribution in [3.05, 3.63) is 65.7 Å². The Morgan fingerprint density at radius 3 is 2.46 bits per heavy atom. The number of carbonyl (C=O) groups excluding carboxylic acids is 2. The summed E-state index contributed by atoms with van der Waals surface area (Å²) in [7, 11) is 0. The fraction of sp³-hybridized carbons (Fsp3) is 0.300. The van der Waals surface area contributed by atoms with Crippen molar-refractivity contribution in [2.24, 2.45) is 0 Å². The maximum Gasteiger partial charge on any atom is 0.251 e. The first-order chi connectivity index (χ1) is 11.5. The van der Waals surface area contributed by atoms with E-state index in [0.29, 0.717) is 17.7 Å². The number of hydrogen-bond donors (Lipinski definition) is 2. The lowest BCUT2D eigenvalue weighted by Crippen LogP contribution is -2.30. The van der Waals surface area contributed by atoms with E-state index in [1.165, 1.54) is 5.56 Å². The average Bonchev–Trinajstić information content (AvgIpc) is 2.55. The van der Waals surface area contributed by atoms with E-state index in [4.69, 9.17) is 0 Å². The highest BCUT2D eigenvalue weighted by atomic mass is 16.2. The van der Waals surface area contributed by atoms with Crippen LogP contribution in [0.15, 0.2) is 54.6 Å². The zero-order valence-electron chi connectivity index (χ0n) is 14.2. The van der Waals surface area contributed by atoms with Gasteiger partial charge in [-0.2, -0.15) is 0 Å². The van der Waals surface area contributed by atoms with Crippen LogP contribution in [-0.4, -0.2) is 17.9 Å². The summed E-state index contributed by atoms with van der Waals surface area (Å²) in [6.07, 6.45) is 2.13. The zero-order valence-corrected chi connectivity index (χ0v) is 14.2. The van der Waals surface area contributed by atoms with E-state index in [-0.39, 0.29) is 17.9 Å². The van der Waals surface area contributed by atoms with E-state index < -0.39 is 0 Å². The third-order valence-corrected chi connectivity index (χ3v) is 3.54. The number of amides is 2. The SMILES string of the molecule is CC(C)NC(=O)c1cccc(NC(=O)CCCc2ccccc2)c1. The van der Waals surface area contributed by atoms with Crippen LogP contribution in [0.1, 0.15) is 42.6 Å². The van der Waals surface area contributed by atoms with Crippen LogP contribution < -0.4 is 10.6 Å². The van der Waals surface area contributed by atoms with Crippen LogP contribution in [0.5, 0.6) is 0 Å². The molecule has 2 N–H and O–H groups in total. The third kappa shape index (κ3) is 5.88. The van der Waals surface area contributed by atoms with Gasteiger partial charge in [-0.25, -0.2) is 0 Å². The standard InChI is InChI=1S/C20H24N2O2/c1-15(2)21-20(24)17-11-7-12-18(14-17)22-19(23)13-6-10-16-8-4-3-5-9-16/h3-5,7-9,11-12,14-15H,6,10,13H2,1-2H3,(H,21,24)(H,22,23). The number of benzene rings is 2. The molecule has 0 saturated heterocycles. The molecule has 0 bridgehead atoms. The summed E-state index contributed by atoms with van der Waals surface area (Å²) in [6.45, 7) is 3.83. The Kier molecular flexibility index (Phi) is 6.55. The van der Waals surface area contributed by atoms with Crippen LogP contribution in [0.4, 0.5) is 5.69 Å². The Morgan fingerprint density at radius 1 is 1.00 bits per heavy atom. The molecular formula is C20H24N2O2. The Hall–Kier alpha value is -2.62. The monoisotopic (exact) mass is 324 g/mol. The minimum atomic E-state index is -0.134. The molecule has 4 heteroatoms. The first-order valence-electron chi connectivity index (χ1n) is 8.29. The van der Waals surface area contributed by atoms with Gasteiger partial charge in [0.25, 0.3) is 5.91 Å². The molecule has 0 fully saturated rings. The Bertz CT molecular complexity index is 681. The van der Waals surface area contributed by atoms with Crippen LogP contribution in [-0.2, 0) is 11.2 Å². The van der Waals surface area contributed by atoms with Crippen LogP contribution in [0, 0.1) is 0 Å². The quantitative estimate of drug-likeness (QED) is 0.814. The summed E-state index contributed by atoms with van der Waals surface area (Å²) >= 11 is 0. The summed E-state index contributed by atoms with van der Waals surface area (Å²) in [5.41, 5.74) is 2.43. The predicted molar refractivity (Wildman–Crippen MR) is 97.1 cm³/mol. The van der Waals surface area contributed by atoms with Crippen LogP contribution in [0.25, 0.3) is 0 Å². The van der Waals surface area contributed by atoms with Gasteiger partial charge in [0.1, 0.15) is 0 Å². The molecule has 126 valence electrons. The maximum absolute atomic E-state index is 12.0. The molecule has 0 spiro atoms. The van der Waals surface area contributed by atoms with Crippen LogP contribution in [0.2, 0.25) is 0 Å². The summed E-state index contributed by atoms with van der Waals surface area (Å²) in [4.78, 5) is 24.0. The number of rotatable bonds is 7. The minimum Gasteiger partial charge on any atom is -0.350 e. The van der Waals surface area contributed by atoms with Crippen molar-refractivity contribution in [3.63, 3.8) is 0 Å². The Morgan fingerprint density at radius 2 is 1.75 bits per heavy atom. The second-order valence-electron chi connectivity index (χ2n) is 6.10. The maximum atomic E-state index is 12.0. The second-order valence-corrected chi connectivity index (χ2v) is 6.10. The second kappa shape index (κ2) is 8.87. The lowest BCUT2D eigenvalue weighted by atomic mass is 10.1. The summed E-state index contributed by atoms with van der Waals surface area (Å²) in [5, 5.41) is 5.70. The fourth-order valence-electron chi connectivity index (χ4n) is 2.40. The van der Waals surface area contributed by atoms with Crippen molar-refractivity contribution < 1.29 is 9.59 Å². The Balaban J connectivity index is 1.84. The van der Waals surface area contributed by atoms with Gasteiger partial charge in [-0.05, 0) is 50.5 Å². The number of nitrogens with one attached hydrogen (secondary N) is 2. The van der Waals surface area contributed by atoms with Gasteiger partial charge in [-0.15, -0.1) is 0 Å². The lowest BCUT2D eigenvalue weighted by Gasteiger charge is -2.10. The smallest absolute Gasteiger partial charge is 0.251 e. The van der Waals surface area contributed by atoms with E-state index >= 15 is 0 Å². The van der Waals surface area contributed by atoms with Gasteiger partial charge in [0, 0.05) is 23.7 Å². The summed E-state index contributed by atoms with van der Waals surface area (Å²) in [5.74, 6) is -0.169. The van der Waals surface area contributed by atoms with E-state index in [0.717, 1.165) is 12.8 Å². The molecule has 4 nitrogen and oxygen atoms in total. The van der Waals surface area contributed by atoms with Crippen molar-refractivity contribution >= 4 is 17.5 Å². The van der Waals surface area contributed by atoms with Crippen LogP contribution >= 0.6 is 0 Å². The van der Waals surface area contributed by atoms with E-state index in [1.807, 2.05) is 32.0 Å². The highest BCUT2D eigenvalue weighted by molar-refractivity contribution is 5.97. The van der Waals surface area contributed by atoms with Crippen molar-refractivity contribution in [2.75, 3.05) is 5.32 Å². The van der Waals surface area contributed by atoms with Crippen LogP contribution in [0.3, 0.4) is 0 Å². The predicted octanol–water partition coefficient (Wildman–Crippen LogP) is 3.79. The van der Waals surface area contributed by atoms with E-state index in [2.05, 4.69) is 22.8 Å². The van der Waals surface area contributed by atoms with Gasteiger partial charge < -0.3 is 10.6 Å². The lowest BCUT2D eigenvalue weighted by molar-refractivity contribution is -0.116. The van der Waals surface area contributed by atoms with Crippen molar-refractivity contribution in [1.82, 2.24) is 5.32 Å². The fourth-order valence-corrected chi connectivity index (χ4v) is 2.40. The molecule has 2 aromatic rings. The molecule has 0 aliphatic heterocycles. The van der Waals surface area contributed by atoms with E-state index in [1.54, 1.807) is 24.3 Å². The molecule has 2 rings (SSSR count). The highest BCUT2D eigenvalue weighted by Crippen LogP contribution is 2.12. The van der Waals surface area contributed by atoms with E-state index in [9.17, 15) is 9.59 Å². The molecule has 0 aliphatic rings. The normalized spacial score (nSPS) is 10.5. The van der Waals surface area contributed by atoms with Gasteiger partial charge in [0.15, 0.2) is 0 Å². The van der Waals surface area contributed by atoms with Gasteiger partial charge >= 0.3 is 0 Å². The molecular weight excluding hydrogens is 300 g/mol. The summed E-state index contributed by atoms with van der Waals surface area (Å²) in [6, 6.07) is 17.2. The van der Waals surface area contributed by atoms with Crippen molar-refractivity contribution in [1.29, 1.82) is 0 Å². The van der Waals surface area contributed by atoms with Gasteiger partial charge in [0.2, 0.25) is 5.91 Å². The molecule has 0 saturated carbocycles. The first-order valence-corrected chi connectivity index (χ1v) is 8.29. The number of anilines is 1. The summed E-state index contributed by atoms with van der Waals surface area (Å²) < 4.78 is 0. The molecule has 24 heavy (non-hydrogen) atoms. The van der Waals surface area contributed by atoms with Gasteiger partial charge in [-0.1, -0.05) is 36.4 Å². The topological polar surface area (TPSA) is 58.2 Å². The van der Waals surface area contributed by atoms with Crippen molar-refractivity contribution in [2.45, 2.75) is 39.2 Å². The number of hydrogen-bond acceptors (Lipinski definition) is 2. The van der Waals surface area contributed by atoms with Gasteiger partial charge in [-0.3, -0.25) is 9.59 Å². The molecule has 2 amide bonds. The third-order valence-electron chi connectivity index (χ3n) is 3.54. The number of aryl methyl sites for hydroxylation is 1. The minimum absolute atomic E-state index is 0.0349. The molecule has 0 aliphatic carbocycles. The molecule has 0 unspecified atom stereocenters. The highest BCUT2D eigenvalue weighted by Gasteiger charge is 2.09. The molecule has 0 aromatic heterocycles. The first kappa shape index (κ1) is 17.7. The molecule has 0 radical (unpaired) electrons. The molecule has 0 heterocycles. The largest absolute Gasteiger partial charge is 0.350 e. The average molecular weight is 324 g/mol.